The van der Waals surface area contributed by atoms with Crippen molar-refractivity contribution in [2.24, 2.45) is 0 Å². The van der Waals surface area contributed by atoms with Crippen LogP contribution in [0.3, 0.4) is 0 Å². The normalized spacial score (nSPS) is 17.0. The van der Waals surface area contributed by atoms with Crippen LogP contribution in [-0.4, -0.2) is 60.4 Å². The minimum Gasteiger partial charge on any atom is -0.336 e. The molecule has 0 aliphatic carbocycles. The lowest BCUT2D eigenvalue weighted by Gasteiger charge is -2.34. The molecule has 8 heteroatoms. The van der Waals surface area contributed by atoms with Crippen LogP contribution in [0.25, 0.3) is 0 Å². The Kier molecular flexibility index (Phi) is 4.89. The predicted octanol–water partition coefficient (Wildman–Crippen LogP) is 0.718. The van der Waals surface area contributed by atoms with Gasteiger partial charge in [0.05, 0.1) is 17.5 Å². The van der Waals surface area contributed by atoms with Crippen LogP contribution in [0.2, 0.25) is 0 Å². The van der Waals surface area contributed by atoms with Gasteiger partial charge in [0, 0.05) is 32.4 Å². The smallest absolute Gasteiger partial charge is 0.257 e. The Bertz CT molecular complexity index is 613. The number of rotatable bonds is 4. The molecule has 1 aromatic heterocycles. The van der Waals surface area contributed by atoms with E-state index in [0.29, 0.717) is 6.42 Å². The lowest BCUT2D eigenvalue weighted by Crippen LogP contribution is -2.51. The van der Waals surface area contributed by atoms with Crippen LogP contribution in [0.1, 0.15) is 23.7 Å². The van der Waals surface area contributed by atoms with E-state index in [0.717, 1.165) is 6.20 Å². The summed E-state index contributed by atoms with van der Waals surface area (Å²) in [6, 6.07) is 1.33. The molecule has 2 rings (SSSR count). The molecule has 0 bridgehead atoms. The van der Waals surface area contributed by atoms with Crippen molar-refractivity contribution in [3.8, 4) is 0 Å². The van der Waals surface area contributed by atoms with Crippen LogP contribution in [0.4, 0.5) is 4.39 Å². The first-order valence-corrected chi connectivity index (χ1v) is 8.43. The van der Waals surface area contributed by atoms with E-state index in [1.54, 1.807) is 0 Å². The Morgan fingerprint density at radius 1 is 1.33 bits per heavy atom. The summed E-state index contributed by atoms with van der Waals surface area (Å²) >= 11 is 0. The minimum atomic E-state index is -3.24. The Morgan fingerprint density at radius 3 is 2.57 bits per heavy atom. The Morgan fingerprint density at radius 2 is 2.00 bits per heavy atom. The summed E-state index contributed by atoms with van der Waals surface area (Å²) in [6.45, 7) is 2.85. The average molecular weight is 315 g/mol. The second-order valence-electron chi connectivity index (χ2n) is 4.86. The van der Waals surface area contributed by atoms with Crippen molar-refractivity contribution in [1.82, 2.24) is 14.2 Å². The molecule has 0 saturated carbocycles. The van der Waals surface area contributed by atoms with E-state index in [2.05, 4.69) is 4.98 Å². The fourth-order valence-electron chi connectivity index (χ4n) is 2.28. The zero-order valence-electron chi connectivity index (χ0n) is 11.8. The van der Waals surface area contributed by atoms with Crippen molar-refractivity contribution in [3.05, 3.63) is 29.8 Å². The lowest BCUT2D eigenvalue weighted by molar-refractivity contribution is 0.0693. The van der Waals surface area contributed by atoms with Crippen molar-refractivity contribution in [2.75, 3.05) is 31.9 Å². The molecule has 0 radical (unpaired) electrons. The third-order valence-electron chi connectivity index (χ3n) is 3.38. The molecule has 6 nitrogen and oxygen atoms in total. The number of halogens is 1. The third-order valence-corrected chi connectivity index (χ3v) is 5.46. The molecule has 116 valence electrons. The van der Waals surface area contributed by atoms with Crippen molar-refractivity contribution >= 4 is 15.9 Å². The highest BCUT2D eigenvalue weighted by Crippen LogP contribution is 2.13. The number of sulfonamides is 1. The second kappa shape index (κ2) is 6.48. The fraction of sp³-hybridized carbons (Fsp3) is 0.538. The number of amides is 1. The van der Waals surface area contributed by atoms with Crippen LogP contribution >= 0.6 is 0 Å². The highest BCUT2D eigenvalue weighted by molar-refractivity contribution is 7.89. The maximum absolute atomic E-state index is 13.5. The second-order valence-corrected chi connectivity index (χ2v) is 6.95. The molecule has 0 unspecified atom stereocenters. The maximum atomic E-state index is 13.5. The number of carbonyl (C=O) groups excluding carboxylic acids is 1. The van der Waals surface area contributed by atoms with E-state index < -0.39 is 21.7 Å². The number of piperazine rings is 1. The first-order valence-electron chi connectivity index (χ1n) is 6.82. The van der Waals surface area contributed by atoms with Crippen LogP contribution in [-0.2, 0) is 10.0 Å². The van der Waals surface area contributed by atoms with Gasteiger partial charge >= 0.3 is 0 Å². The summed E-state index contributed by atoms with van der Waals surface area (Å²) in [5.74, 6) is -0.981. The van der Waals surface area contributed by atoms with Gasteiger partial charge in [0.15, 0.2) is 5.82 Å². The Balaban J connectivity index is 2.02. The van der Waals surface area contributed by atoms with Gasteiger partial charge in [0.25, 0.3) is 5.91 Å². The average Bonchev–Trinajstić information content (AvgIpc) is 2.47. The lowest BCUT2D eigenvalue weighted by atomic mass is 10.2. The van der Waals surface area contributed by atoms with Gasteiger partial charge in [-0.3, -0.25) is 9.78 Å². The number of hydrogen-bond donors (Lipinski definition) is 0. The predicted molar refractivity (Wildman–Crippen MR) is 75.7 cm³/mol. The third kappa shape index (κ3) is 3.56. The molecular formula is C13H18FN3O3S. The molecule has 1 aliphatic rings. The summed E-state index contributed by atoms with van der Waals surface area (Å²) in [4.78, 5) is 17.3. The van der Waals surface area contributed by atoms with Gasteiger partial charge < -0.3 is 4.90 Å². The van der Waals surface area contributed by atoms with Crippen molar-refractivity contribution in [1.29, 1.82) is 0 Å². The molecule has 0 atom stereocenters. The Labute approximate surface area is 123 Å². The molecule has 1 saturated heterocycles. The molecule has 1 fully saturated rings. The first kappa shape index (κ1) is 15.8. The van der Waals surface area contributed by atoms with Crippen molar-refractivity contribution in [2.45, 2.75) is 13.3 Å². The van der Waals surface area contributed by atoms with Gasteiger partial charge in [0.1, 0.15) is 0 Å². The van der Waals surface area contributed by atoms with E-state index in [-0.39, 0.29) is 37.5 Å². The topological polar surface area (TPSA) is 70.6 Å². The summed E-state index contributed by atoms with van der Waals surface area (Å²) in [6.07, 6.45) is 2.91. The number of carbonyl (C=O) groups is 1. The summed E-state index contributed by atoms with van der Waals surface area (Å²) < 4.78 is 38.8. The van der Waals surface area contributed by atoms with Gasteiger partial charge in [-0.25, -0.2) is 12.8 Å². The molecule has 0 N–H and O–H groups in total. The maximum Gasteiger partial charge on any atom is 0.257 e. The quantitative estimate of drug-likeness (QED) is 0.821. The molecule has 21 heavy (non-hydrogen) atoms. The molecule has 0 spiro atoms. The van der Waals surface area contributed by atoms with Gasteiger partial charge in [-0.1, -0.05) is 6.92 Å². The number of nitrogens with zero attached hydrogens (tertiary/aromatic N) is 3. The highest BCUT2D eigenvalue weighted by Gasteiger charge is 2.29. The van der Waals surface area contributed by atoms with Crippen LogP contribution in [0.15, 0.2) is 18.5 Å². The number of pyridine rings is 1. The fourth-order valence-corrected chi connectivity index (χ4v) is 3.77. The van der Waals surface area contributed by atoms with Crippen molar-refractivity contribution < 1.29 is 17.6 Å². The van der Waals surface area contributed by atoms with E-state index in [4.69, 9.17) is 0 Å². The molecule has 1 aliphatic heterocycles. The van der Waals surface area contributed by atoms with Crippen molar-refractivity contribution in [3.63, 3.8) is 0 Å². The van der Waals surface area contributed by atoms with Crippen LogP contribution in [0.5, 0.6) is 0 Å². The summed E-state index contributed by atoms with van der Waals surface area (Å²) in [7, 11) is -3.24. The van der Waals surface area contributed by atoms with Gasteiger partial charge in [0.2, 0.25) is 10.0 Å². The molecule has 2 heterocycles. The number of aromatic nitrogens is 1. The minimum absolute atomic E-state index is 0.0325. The van der Waals surface area contributed by atoms with Crippen LogP contribution in [0, 0.1) is 5.82 Å². The zero-order valence-corrected chi connectivity index (χ0v) is 12.6. The monoisotopic (exact) mass is 315 g/mol. The first-order chi connectivity index (χ1) is 9.95. The molecule has 1 aromatic rings. The van der Waals surface area contributed by atoms with Gasteiger partial charge in [-0.05, 0) is 12.5 Å². The molecule has 1 amide bonds. The standard InChI is InChI=1S/C13H18FN3O3S/c1-2-9-21(19,20)17-7-5-16(6-8-17)13(18)11-3-4-15-10-12(11)14/h3-4,10H,2,5-9H2,1H3. The van der Waals surface area contributed by atoms with E-state index in [9.17, 15) is 17.6 Å². The summed E-state index contributed by atoms with van der Waals surface area (Å²) in [5.41, 5.74) is -0.0325. The Hall–Kier alpha value is -1.54. The SMILES string of the molecule is CCCS(=O)(=O)N1CCN(C(=O)c2ccncc2F)CC1. The zero-order chi connectivity index (χ0) is 15.5. The molecular weight excluding hydrogens is 297 g/mol. The van der Waals surface area contributed by atoms with E-state index in [1.807, 2.05) is 6.92 Å². The van der Waals surface area contributed by atoms with E-state index in [1.165, 1.54) is 21.5 Å². The van der Waals surface area contributed by atoms with Crippen LogP contribution < -0.4 is 0 Å². The molecule has 0 aromatic carbocycles. The highest BCUT2D eigenvalue weighted by atomic mass is 32.2. The van der Waals surface area contributed by atoms with Gasteiger partial charge in [-0.2, -0.15) is 4.31 Å². The van der Waals surface area contributed by atoms with E-state index >= 15 is 0 Å². The largest absolute Gasteiger partial charge is 0.336 e. The number of hydrogen-bond acceptors (Lipinski definition) is 4. The summed E-state index contributed by atoms with van der Waals surface area (Å²) in [5, 5.41) is 0. The van der Waals surface area contributed by atoms with Gasteiger partial charge in [-0.15, -0.1) is 0 Å².